The minimum atomic E-state index is -0.384. The molecule has 1 saturated carbocycles. The molecular weight excluding hydrogens is 264 g/mol. The number of esters is 1. The predicted octanol–water partition coefficient (Wildman–Crippen LogP) is 3.75. The van der Waals surface area contributed by atoms with Crippen LogP contribution in [-0.4, -0.2) is 19.6 Å². The molecule has 1 aromatic carbocycles. The number of nitrogen functional groups attached to an aromatic ring is 1. The Kier molecular flexibility index (Phi) is 4.76. The molecule has 0 unspecified atom stereocenters. The van der Waals surface area contributed by atoms with Crippen LogP contribution < -0.4 is 11.1 Å². The van der Waals surface area contributed by atoms with Gasteiger partial charge in [-0.15, -0.1) is 0 Å². The lowest BCUT2D eigenvalue weighted by molar-refractivity contribution is 0.0602. The molecule has 0 aromatic heterocycles. The maximum absolute atomic E-state index is 11.8. The molecule has 0 atom stereocenters. The Hall–Kier alpha value is -1.71. The molecule has 116 valence electrons. The van der Waals surface area contributed by atoms with Crippen LogP contribution in [0.15, 0.2) is 12.1 Å². The summed E-state index contributed by atoms with van der Waals surface area (Å²) in [6.45, 7) is 5.13. The van der Waals surface area contributed by atoms with Crippen molar-refractivity contribution >= 4 is 17.3 Å². The number of nitrogens with two attached hydrogens (primary N) is 1. The first-order valence-electron chi connectivity index (χ1n) is 7.73. The number of anilines is 2. The van der Waals surface area contributed by atoms with E-state index < -0.39 is 0 Å². The molecular formula is C17H26N2O2. The molecule has 2 rings (SSSR count). The van der Waals surface area contributed by atoms with Gasteiger partial charge in [0.25, 0.3) is 0 Å². The minimum Gasteiger partial charge on any atom is -0.465 e. The van der Waals surface area contributed by atoms with E-state index in [0.717, 1.165) is 17.8 Å². The van der Waals surface area contributed by atoms with Crippen LogP contribution in [0.3, 0.4) is 0 Å². The van der Waals surface area contributed by atoms with E-state index in [1.807, 2.05) is 13.0 Å². The average molecular weight is 290 g/mol. The summed E-state index contributed by atoms with van der Waals surface area (Å²) >= 11 is 0. The third-order valence-electron chi connectivity index (χ3n) is 4.87. The van der Waals surface area contributed by atoms with Gasteiger partial charge in [-0.2, -0.15) is 0 Å². The summed E-state index contributed by atoms with van der Waals surface area (Å²) in [5.74, 6) is -0.384. The van der Waals surface area contributed by atoms with Crippen LogP contribution in [0.1, 0.15) is 54.9 Å². The molecule has 4 nitrogen and oxygen atoms in total. The van der Waals surface area contributed by atoms with Crippen LogP contribution in [0.4, 0.5) is 11.4 Å². The molecule has 0 aliphatic heterocycles. The number of carbonyl (C=O) groups is 1. The topological polar surface area (TPSA) is 64.3 Å². The fourth-order valence-electron chi connectivity index (χ4n) is 3.25. The van der Waals surface area contributed by atoms with Gasteiger partial charge in [0.2, 0.25) is 0 Å². The number of methoxy groups -OCH3 is 1. The maximum Gasteiger partial charge on any atom is 0.340 e. The van der Waals surface area contributed by atoms with Crippen molar-refractivity contribution in [2.75, 3.05) is 24.7 Å². The van der Waals surface area contributed by atoms with Crippen LogP contribution in [0.25, 0.3) is 0 Å². The summed E-state index contributed by atoms with van der Waals surface area (Å²) in [6.07, 6.45) is 6.41. The van der Waals surface area contributed by atoms with E-state index in [0.29, 0.717) is 16.7 Å². The quantitative estimate of drug-likeness (QED) is 0.640. The molecule has 0 amide bonds. The monoisotopic (exact) mass is 290 g/mol. The largest absolute Gasteiger partial charge is 0.465 e. The van der Waals surface area contributed by atoms with Gasteiger partial charge in [-0.05, 0) is 49.3 Å². The minimum absolute atomic E-state index is 0.384. The summed E-state index contributed by atoms with van der Waals surface area (Å²) in [5.41, 5.74) is 9.16. The van der Waals surface area contributed by atoms with E-state index in [2.05, 4.69) is 12.2 Å². The highest BCUT2D eigenvalue weighted by Crippen LogP contribution is 2.41. The first-order valence-corrected chi connectivity index (χ1v) is 7.73. The summed E-state index contributed by atoms with van der Waals surface area (Å²) in [7, 11) is 1.38. The van der Waals surface area contributed by atoms with Crippen molar-refractivity contribution in [1.29, 1.82) is 0 Å². The standard InChI is InChI=1S/C17H26N2O2/c1-4-17(7-5-6-8-17)11-19-13-9-12(2)15(18)14(10-13)16(20)21-3/h9-10,19H,4-8,11,18H2,1-3H3. The number of rotatable bonds is 5. The van der Waals surface area contributed by atoms with E-state index in [1.54, 1.807) is 6.07 Å². The van der Waals surface area contributed by atoms with Crippen LogP contribution in [0.5, 0.6) is 0 Å². The summed E-state index contributed by atoms with van der Waals surface area (Å²) in [5, 5.41) is 3.50. The Bertz CT molecular complexity index is 520. The average Bonchev–Trinajstić information content (AvgIpc) is 2.97. The molecule has 0 spiro atoms. The maximum atomic E-state index is 11.8. The highest BCUT2D eigenvalue weighted by molar-refractivity contribution is 5.97. The molecule has 1 aromatic rings. The van der Waals surface area contributed by atoms with Crippen molar-refractivity contribution in [2.45, 2.75) is 46.0 Å². The summed E-state index contributed by atoms with van der Waals surface area (Å²) in [6, 6.07) is 3.80. The Balaban J connectivity index is 2.17. The number of ether oxygens (including phenoxy) is 1. The predicted molar refractivity (Wildman–Crippen MR) is 86.6 cm³/mol. The van der Waals surface area contributed by atoms with Gasteiger partial charge >= 0.3 is 5.97 Å². The van der Waals surface area contributed by atoms with Gasteiger partial charge in [-0.3, -0.25) is 0 Å². The fraction of sp³-hybridized carbons (Fsp3) is 0.588. The SMILES string of the molecule is CCC1(CNc2cc(C)c(N)c(C(=O)OC)c2)CCCC1. The second kappa shape index (κ2) is 6.37. The van der Waals surface area contributed by atoms with E-state index in [-0.39, 0.29) is 5.97 Å². The first kappa shape index (κ1) is 15.7. The van der Waals surface area contributed by atoms with Crippen molar-refractivity contribution < 1.29 is 9.53 Å². The third-order valence-corrected chi connectivity index (χ3v) is 4.87. The molecule has 1 aliphatic rings. The zero-order chi connectivity index (χ0) is 15.5. The highest BCUT2D eigenvalue weighted by Gasteiger charge is 2.31. The molecule has 4 heteroatoms. The molecule has 0 heterocycles. The van der Waals surface area contributed by atoms with E-state index in [1.165, 1.54) is 39.2 Å². The number of hydrogen-bond acceptors (Lipinski definition) is 4. The van der Waals surface area contributed by atoms with Gasteiger partial charge in [-0.1, -0.05) is 19.8 Å². The van der Waals surface area contributed by atoms with Crippen LogP contribution in [0.2, 0.25) is 0 Å². The van der Waals surface area contributed by atoms with Gasteiger partial charge in [0.15, 0.2) is 0 Å². The number of aryl methyl sites for hydroxylation is 1. The van der Waals surface area contributed by atoms with Crippen LogP contribution >= 0.6 is 0 Å². The molecule has 0 saturated heterocycles. The van der Waals surface area contributed by atoms with Crippen LogP contribution in [0, 0.1) is 12.3 Å². The van der Waals surface area contributed by atoms with E-state index >= 15 is 0 Å². The van der Waals surface area contributed by atoms with Gasteiger partial charge in [0.05, 0.1) is 12.7 Å². The molecule has 3 N–H and O–H groups in total. The Morgan fingerprint density at radius 2 is 2.05 bits per heavy atom. The summed E-state index contributed by atoms with van der Waals surface area (Å²) in [4.78, 5) is 11.8. The number of hydrogen-bond donors (Lipinski definition) is 2. The van der Waals surface area contributed by atoms with Crippen molar-refractivity contribution in [3.63, 3.8) is 0 Å². The van der Waals surface area contributed by atoms with Crippen molar-refractivity contribution in [3.8, 4) is 0 Å². The normalized spacial score (nSPS) is 16.7. The second-order valence-electron chi connectivity index (χ2n) is 6.16. The lowest BCUT2D eigenvalue weighted by Crippen LogP contribution is -2.26. The molecule has 1 fully saturated rings. The molecule has 0 radical (unpaired) electrons. The zero-order valence-corrected chi connectivity index (χ0v) is 13.3. The lowest BCUT2D eigenvalue weighted by Gasteiger charge is -2.28. The van der Waals surface area contributed by atoms with Crippen molar-refractivity contribution in [2.24, 2.45) is 5.41 Å². The molecule has 0 bridgehead atoms. The third kappa shape index (κ3) is 3.31. The lowest BCUT2D eigenvalue weighted by atomic mass is 9.83. The Morgan fingerprint density at radius 3 is 2.62 bits per heavy atom. The molecule has 21 heavy (non-hydrogen) atoms. The first-order chi connectivity index (χ1) is 10.0. The summed E-state index contributed by atoms with van der Waals surface area (Å²) < 4.78 is 4.80. The van der Waals surface area contributed by atoms with Crippen LogP contribution in [-0.2, 0) is 4.74 Å². The van der Waals surface area contributed by atoms with E-state index in [4.69, 9.17) is 10.5 Å². The van der Waals surface area contributed by atoms with Gasteiger partial charge in [0, 0.05) is 17.9 Å². The zero-order valence-electron chi connectivity index (χ0n) is 13.3. The number of carbonyl (C=O) groups excluding carboxylic acids is 1. The van der Waals surface area contributed by atoms with E-state index in [9.17, 15) is 4.79 Å². The number of nitrogens with one attached hydrogen (secondary N) is 1. The van der Waals surface area contributed by atoms with Gasteiger partial charge in [0.1, 0.15) is 0 Å². The highest BCUT2D eigenvalue weighted by atomic mass is 16.5. The van der Waals surface area contributed by atoms with Crippen molar-refractivity contribution in [3.05, 3.63) is 23.3 Å². The van der Waals surface area contributed by atoms with Gasteiger partial charge in [-0.25, -0.2) is 4.79 Å². The van der Waals surface area contributed by atoms with Gasteiger partial charge < -0.3 is 15.8 Å². The number of benzene rings is 1. The molecule has 1 aliphatic carbocycles. The Morgan fingerprint density at radius 1 is 1.38 bits per heavy atom. The second-order valence-corrected chi connectivity index (χ2v) is 6.16. The van der Waals surface area contributed by atoms with Crippen molar-refractivity contribution in [1.82, 2.24) is 0 Å². The smallest absolute Gasteiger partial charge is 0.340 e. The fourth-order valence-corrected chi connectivity index (χ4v) is 3.25. The Labute approximate surface area is 127 Å².